The molecule has 0 bridgehead atoms. The highest BCUT2D eigenvalue weighted by Crippen LogP contribution is 2.16. The summed E-state index contributed by atoms with van der Waals surface area (Å²) in [5.41, 5.74) is 0.820. The minimum Gasteiger partial charge on any atom is -0.376 e. The molecule has 1 saturated heterocycles. The fourth-order valence-corrected chi connectivity index (χ4v) is 3.23. The maximum absolute atomic E-state index is 12.0. The number of amides is 1. The topological polar surface area (TPSA) is 60.3 Å². The van der Waals surface area contributed by atoms with Crippen LogP contribution in [0.15, 0.2) is 28.5 Å². The van der Waals surface area contributed by atoms with E-state index in [9.17, 15) is 9.59 Å². The molecule has 6 heteroatoms. The number of thiophene rings is 1. The fraction of sp³-hybridized carbons (Fsp3) is 0.429. The van der Waals surface area contributed by atoms with Crippen molar-refractivity contribution in [3.05, 3.63) is 33.9 Å². The van der Waals surface area contributed by atoms with Gasteiger partial charge in [0.2, 0.25) is 5.91 Å². The first-order chi connectivity index (χ1) is 9.74. The average Bonchev–Trinajstić information content (AvgIpc) is 3.10. The summed E-state index contributed by atoms with van der Waals surface area (Å²) in [5.74, 6) is -0.0587. The zero-order valence-electron chi connectivity index (χ0n) is 11.0. The van der Waals surface area contributed by atoms with Gasteiger partial charge in [0.25, 0.3) is 0 Å². The van der Waals surface area contributed by atoms with Crippen molar-refractivity contribution in [2.45, 2.75) is 25.5 Å². The molecule has 3 heterocycles. The Kier molecular flexibility index (Phi) is 3.84. The summed E-state index contributed by atoms with van der Waals surface area (Å²) >= 11 is 1.40. The second-order valence-corrected chi connectivity index (χ2v) is 5.80. The van der Waals surface area contributed by atoms with E-state index in [1.165, 1.54) is 17.4 Å². The molecule has 0 aliphatic carbocycles. The third-order valence-corrected chi connectivity index (χ3v) is 4.37. The summed E-state index contributed by atoms with van der Waals surface area (Å²) in [6.07, 6.45) is 3.89. The lowest BCUT2D eigenvalue weighted by atomic mass is 10.2. The van der Waals surface area contributed by atoms with Gasteiger partial charge in [-0.1, -0.05) is 0 Å². The molecule has 1 aliphatic heterocycles. The number of carbonyl (C=O) groups excluding carboxylic acids is 1. The summed E-state index contributed by atoms with van der Waals surface area (Å²) < 4.78 is 7.96. The molecule has 0 saturated carbocycles. The number of fused-ring (bicyclic) bond motifs is 1. The van der Waals surface area contributed by atoms with Gasteiger partial charge in [0.15, 0.2) is 5.43 Å². The maximum Gasteiger partial charge on any atom is 0.240 e. The van der Waals surface area contributed by atoms with Gasteiger partial charge in [-0.3, -0.25) is 9.59 Å². The lowest BCUT2D eigenvalue weighted by molar-refractivity contribution is -0.122. The Bertz CT molecular complexity index is 670. The lowest BCUT2D eigenvalue weighted by Crippen LogP contribution is -2.34. The molecular weight excluding hydrogens is 276 g/mol. The van der Waals surface area contributed by atoms with Crippen LogP contribution in [0.5, 0.6) is 0 Å². The van der Waals surface area contributed by atoms with Crippen molar-refractivity contribution < 1.29 is 9.53 Å². The van der Waals surface area contributed by atoms with Crippen LogP contribution in [0.1, 0.15) is 12.8 Å². The van der Waals surface area contributed by atoms with Crippen LogP contribution in [0.3, 0.4) is 0 Å². The van der Waals surface area contributed by atoms with Crippen molar-refractivity contribution in [1.82, 2.24) is 9.88 Å². The highest BCUT2D eigenvalue weighted by Gasteiger charge is 2.16. The number of ether oxygens (including phenoxy) is 1. The molecule has 2 aromatic heterocycles. The Balaban J connectivity index is 1.66. The Morgan fingerprint density at radius 3 is 3.20 bits per heavy atom. The van der Waals surface area contributed by atoms with Crippen molar-refractivity contribution in [2.24, 2.45) is 0 Å². The molecule has 1 N–H and O–H groups in total. The van der Waals surface area contributed by atoms with Crippen LogP contribution in [0, 0.1) is 0 Å². The van der Waals surface area contributed by atoms with E-state index in [2.05, 4.69) is 5.32 Å². The number of nitrogens with zero attached hydrogens (tertiary/aromatic N) is 1. The molecule has 0 aromatic carbocycles. The van der Waals surface area contributed by atoms with Crippen molar-refractivity contribution in [3.63, 3.8) is 0 Å². The average molecular weight is 292 g/mol. The number of hydrogen-bond donors (Lipinski definition) is 1. The van der Waals surface area contributed by atoms with Gasteiger partial charge >= 0.3 is 0 Å². The minimum atomic E-state index is -0.0587. The molecule has 0 spiro atoms. The summed E-state index contributed by atoms with van der Waals surface area (Å²) in [6.45, 7) is 1.57. The molecular formula is C14H16N2O3S. The van der Waals surface area contributed by atoms with Crippen LogP contribution in [-0.4, -0.2) is 29.7 Å². The number of aromatic nitrogens is 1. The quantitative estimate of drug-likeness (QED) is 0.925. The standard InChI is InChI=1S/C14H16N2O3S/c17-12-3-5-16(11-4-7-20-14(11)12)9-13(18)15-8-10-2-1-6-19-10/h3-5,7,10H,1-2,6,8-9H2,(H,15,18)/t10-/m0/s1. The zero-order chi connectivity index (χ0) is 13.9. The van der Waals surface area contributed by atoms with Crippen molar-refractivity contribution in [2.75, 3.05) is 13.2 Å². The van der Waals surface area contributed by atoms with Gasteiger partial charge in [0.1, 0.15) is 6.54 Å². The van der Waals surface area contributed by atoms with Crippen LogP contribution >= 0.6 is 11.3 Å². The summed E-state index contributed by atoms with van der Waals surface area (Å²) in [6, 6.07) is 3.38. The van der Waals surface area contributed by atoms with Gasteiger partial charge < -0.3 is 14.6 Å². The third-order valence-electron chi connectivity index (χ3n) is 3.45. The minimum absolute atomic E-state index is 0.00557. The molecule has 0 radical (unpaired) electrons. The highest BCUT2D eigenvalue weighted by molar-refractivity contribution is 7.17. The van der Waals surface area contributed by atoms with Gasteiger partial charge in [-0.2, -0.15) is 0 Å². The smallest absolute Gasteiger partial charge is 0.240 e. The van der Waals surface area contributed by atoms with E-state index in [4.69, 9.17) is 4.74 Å². The predicted octanol–water partition coefficient (Wildman–Crippen LogP) is 1.36. The van der Waals surface area contributed by atoms with Crippen LogP contribution in [0.25, 0.3) is 10.2 Å². The molecule has 106 valence electrons. The van der Waals surface area contributed by atoms with Gasteiger partial charge in [-0.15, -0.1) is 11.3 Å². The molecule has 2 aromatic rings. The summed E-state index contributed by atoms with van der Waals surface area (Å²) in [7, 11) is 0. The molecule has 20 heavy (non-hydrogen) atoms. The SMILES string of the molecule is O=C(Cn1ccc(=O)c2sccc21)NC[C@@H]1CCCO1. The number of pyridine rings is 1. The molecule has 3 rings (SSSR count). The monoisotopic (exact) mass is 292 g/mol. The second kappa shape index (κ2) is 5.76. The molecule has 1 amide bonds. The normalized spacial score (nSPS) is 18.5. The van der Waals surface area contributed by atoms with E-state index in [-0.39, 0.29) is 24.0 Å². The second-order valence-electron chi connectivity index (χ2n) is 4.88. The summed E-state index contributed by atoms with van der Waals surface area (Å²) in [5, 5.41) is 4.75. The van der Waals surface area contributed by atoms with Crippen molar-refractivity contribution >= 4 is 27.5 Å². The molecule has 0 unspecified atom stereocenters. The Morgan fingerprint density at radius 2 is 2.40 bits per heavy atom. The van der Waals surface area contributed by atoms with E-state index < -0.39 is 0 Å². The molecule has 1 aliphatic rings. The largest absolute Gasteiger partial charge is 0.376 e. The molecule has 5 nitrogen and oxygen atoms in total. The predicted molar refractivity (Wildman–Crippen MR) is 78.1 cm³/mol. The van der Waals surface area contributed by atoms with E-state index >= 15 is 0 Å². The van der Waals surface area contributed by atoms with E-state index in [1.54, 1.807) is 10.8 Å². The van der Waals surface area contributed by atoms with Crippen molar-refractivity contribution in [3.8, 4) is 0 Å². The van der Waals surface area contributed by atoms with Gasteiger partial charge in [0, 0.05) is 25.4 Å². The van der Waals surface area contributed by atoms with Crippen molar-refractivity contribution in [1.29, 1.82) is 0 Å². The fourth-order valence-electron chi connectivity index (χ4n) is 2.41. The van der Waals surface area contributed by atoms with Gasteiger partial charge in [0.05, 0.1) is 16.3 Å². The maximum atomic E-state index is 12.0. The van der Waals surface area contributed by atoms with Crippen LogP contribution in [-0.2, 0) is 16.1 Å². The first kappa shape index (κ1) is 13.3. The first-order valence-corrected chi connectivity index (χ1v) is 7.57. The zero-order valence-corrected chi connectivity index (χ0v) is 11.8. The number of carbonyl (C=O) groups is 1. The number of nitrogens with one attached hydrogen (secondary N) is 1. The Morgan fingerprint density at radius 1 is 1.50 bits per heavy atom. The van der Waals surface area contributed by atoms with E-state index in [1.807, 2.05) is 11.4 Å². The number of hydrogen-bond acceptors (Lipinski definition) is 4. The first-order valence-electron chi connectivity index (χ1n) is 6.69. The summed E-state index contributed by atoms with van der Waals surface area (Å²) in [4.78, 5) is 23.6. The van der Waals surface area contributed by atoms with Crippen LogP contribution in [0.2, 0.25) is 0 Å². The van der Waals surface area contributed by atoms with Crippen LogP contribution in [0.4, 0.5) is 0 Å². The third kappa shape index (κ3) is 2.76. The van der Waals surface area contributed by atoms with E-state index in [0.717, 1.165) is 25.0 Å². The number of rotatable bonds is 4. The lowest BCUT2D eigenvalue weighted by Gasteiger charge is -2.12. The Labute approximate surface area is 120 Å². The van der Waals surface area contributed by atoms with Gasteiger partial charge in [-0.25, -0.2) is 0 Å². The molecule has 1 atom stereocenters. The van der Waals surface area contributed by atoms with E-state index in [0.29, 0.717) is 11.2 Å². The molecule has 1 fully saturated rings. The van der Waals surface area contributed by atoms with Gasteiger partial charge in [-0.05, 0) is 24.3 Å². The Hall–Kier alpha value is -1.66. The van der Waals surface area contributed by atoms with Crippen LogP contribution < -0.4 is 10.7 Å². The highest BCUT2D eigenvalue weighted by atomic mass is 32.1.